The van der Waals surface area contributed by atoms with Crippen molar-refractivity contribution in [2.75, 3.05) is 19.8 Å². The summed E-state index contributed by atoms with van der Waals surface area (Å²) < 4.78 is 5.59. The highest BCUT2D eigenvalue weighted by molar-refractivity contribution is 5.84. The lowest BCUT2D eigenvalue weighted by molar-refractivity contribution is -0.123. The molecule has 1 heterocycles. The molecular formula is C17H25NO3. The van der Waals surface area contributed by atoms with Crippen molar-refractivity contribution in [1.82, 2.24) is 5.32 Å². The molecule has 2 N–H and O–H groups in total. The van der Waals surface area contributed by atoms with Crippen molar-refractivity contribution in [2.24, 2.45) is 5.41 Å². The number of amides is 1. The fraction of sp³-hybridized carbons (Fsp3) is 0.588. The molecule has 0 aliphatic carbocycles. The zero-order chi connectivity index (χ0) is 15.3. The van der Waals surface area contributed by atoms with E-state index in [1.54, 1.807) is 0 Å². The highest BCUT2D eigenvalue weighted by Gasteiger charge is 2.30. The summed E-state index contributed by atoms with van der Waals surface area (Å²) in [6.07, 6.45) is 2.41. The molecule has 1 aromatic carbocycles. The topological polar surface area (TPSA) is 58.6 Å². The Hall–Kier alpha value is -1.55. The van der Waals surface area contributed by atoms with E-state index in [-0.39, 0.29) is 23.8 Å². The number of para-hydroxylation sites is 1. The van der Waals surface area contributed by atoms with E-state index in [2.05, 4.69) is 19.2 Å². The summed E-state index contributed by atoms with van der Waals surface area (Å²) in [6, 6.07) is 7.72. The molecule has 1 aliphatic heterocycles. The monoisotopic (exact) mass is 291 g/mol. The number of carbonyl (C=O) groups is 1. The summed E-state index contributed by atoms with van der Waals surface area (Å²) in [5, 5.41) is 12.6. The van der Waals surface area contributed by atoms with Gasteiger partial charge in [0.15, 0.2) is 0 Å². The van der Waals surface area contributed by atoms with Crippen molar-refractivity contribution in [1.29, 1.82) is 0 Å². The van der Waals surface area contributed by atoms with Crippen LogP contribution in [0.25, 0.3) is 0 Å². The van der Waals surface area contributed by atoms with Gasteiger partial charge in [-0.2, -0.15) is 0 Å². The number of hydrogen-bond acceptors (Lipinski definition) is 3. The minimum atomic E-state index is -0.208. The molecule has 1 aliphatic rings. The molecule has 4 heteroatoms. The first-order chi connectivity index (χ1) is 10.2. The predicted octanol–water partition coefficient (Wildman–Crippen LogP) is 2.47. The maximum atomic E-state index is 12.5. The van der Waals surface area contributed by atoms with Gasteiger partial charge in [0.2, 0.25) is 5.91 Å². The van der Waals surface area contributed by atoms with Gasteiger partial charge in [-0.1, -0.05) is 32.0 Å². The Morgan fingerprint density at radius 1 is 1.38 bits per heavy atom. The third-order valence-corrected chi connectivity index (χ3v) is 4.75. The van der Waals surface area contributed by atoms with Crippen molar-refractivity contribution in [3.05, 3.63) is 29.8 Å². The molecule has 116 valence electrons. The Labute approximate surface area is 126 Å². The van der Waals surface area contributed by atoms with E-state index >= 15 is 0 Å². The van der Waals surface area contributed by atoms with E-state index in [1.807, 2.05) is 24.3 Å². The van der Waals surface area contributed by atoms with Crippen molar-refractivity contribution < 1.29 is 14.6 Å². The van der Waals surface area contributed by atoms with Crippen LogP contribution in [0, 0.1) is 5.41 Å². The van der Waals surface area contributed by atoms with Crippen molar-refractivity contribution in [3.8, 4) is 5.75 Å². The molecule has 0 radical (unpaired) electrons. The maximum Gasteiger partial charge on any atom is 0.227 e. The molecule has 0 bridgehead atoms. The Kier molecular flexibility index (Phi) is 5.23. The van der Waals surface area contributed by atoms with Crippen LogP contribution >= 0.6 is 0 Å². The first-order valence-corrected chi connectivity index (χ1v) is 7.76. The lowest BCUT2D eigenvalue weighted by atomic mass is 9.83. The Balaban J connectivity index is 2.05. The van der Waals surface area contributed by atoms with Crippen LogP contribution in [0.3, 0.4) is 0 Å². The summed E-state index contributed by atoms with van der Waals surface area (Å²) in [5.41, 5.74) is 0.754. The van der Waals surface area contributed by atoms with Crippen LogP contribution in [0.15, 0.2) is 24.3 Å². The second-order valence-electron chi connectivity index (χ2n) is 5.81. The van der Waals surface area contributed by atoms with Crippen LogP contribution in [0.4, 0.5) is 0 Å². The van der Waals surface area contributed by atoms with Gasteiger partial charge in [-0.3, -0.25) is 4.79 Å². The van der Waals surface area contributed by atoms with Gasteiger partial charge in [-0.25, -0.2) is 0 Å². The fourth-order valence-corrected chi connectivity index (χ4v) is 2.79. The minimum Gasteiger partial charge on any atom is -0.493 e. The predicted molar refractivity (Wildman–Crippen MR) is 82.4 cm³/mol. The standard InChI is InChI=1S/C17H25NO3/c1-3-17(4-2,12-19)11-18-16(20)14-9-10-21-15-8-6-5-7-13(14)15/h5-8,14,19H,3-4,9-12H2,1-2H3,(H,18,20). The normalized spacial score (nSPS) is 17.8. The van der Waals surface area contributed by atoms with Crippen LogP contribution in [-0.4, -0.2) is 30.8 Å². The molecule has 0 spiro atoms. The van der Waals surface area contributed by atoms with E-state index in [0.717, 1.165) is 24.2 Å². The average molecular weight is 291 g/mol. The van der Waals surface area contributed by atoms with E-state index in [9.17, 15) is 9.90 Å². The largest absolute Gasteiger partial charge is 0.493 e. The van der Waals surface area contributed by atoms with Crippen molar-refractivity contribution >= 4 is 5.91 Å². The fourth-order valence-electron chi connectivity index (χ4n) is 2.79. The third-order valence-electron chi connectivity index (χ3n) is 4.75. The van der Waals surface area contributed by atoms with Gasteiger partial charge < -0.3 is 15.2 Å². The van der Waals surface area contributed by atoms with Gasteiger partial charge >= 0.3 is 0 Å². The van der Waals surface area contributed by atoms with E-state index < -0.39 is 0 Å². The number of carbonyl (C=O) groups excluding carboxylic acids is 1. The van der Waals surface area contributed by atoms with Gasteiger partial charge in [0.05, 0.1) is 19.1 Å². The summed E-state index contributed by atoms with van der Waals surface area (Å²) in [7, 11) is 0. The molecule has 0 saturated carbocycles. The third kappa shape index (κ3) is 3.38. The number of aliphatic hydroxyl groups excluding tert-OH is 1. The Morgan fingerprint density at radius 2 is 2.10 bits per heavy atom. The van der Waals surface area contributed by atoms with Crippen molar-refractivity contribution in [3.63, 3.8) is 0 Å². The van der Waals surface area contributed by atoms with Gasteiger partial charge in [0.25, 0.3) is 0 Å². The molecule has 0 aromatic heterocycles. The average Bonchev–Trinajstić information content (AvgIpc) is 2.56. The number of rotatable bonds is 6. The molecule has 0 fully saturated rings. The first-order valence-electron chi connectivity index (χ1n) is 7.76. The quantitative estimate of drug-likeness (QED) is 0.846. The van der Waals surface area contributed by atoms with Crippen LogP contribution in [0.1, 0.15) is 44.6 Å². The zero-order valence-corrected chi connectivity index (χ0v) is 12.9. The van der Waals surface area contributed by atoms with Crippen LogP contribution in [0.5, 0.6) is 5.75 Å². The molecular weight excluding hydrogens is 266 g/mol. The van der Waals surface area contributed by atoms with Crippen LogP contribution in [-0.2, 0) is 4.79 Å². The van der Waals surface area contributed by atoms with Crippen molar-refractivity contribution in [2.45, 2.75) is 39.0 Å². The molecule has 1 amide bonds. The lowest BCUT2D eigenvalue weighted by Gasteiger charge is -2.31. The van der Waals surface area contributed by atoms with Gasteiger partial charge in [-0.15, -0.1) is 0 Å². The Bertz CT molecular complexity index is 474. The molecule has 1 unspecified atom stereocenters. The van der Waals surface area contributed by atoms with Crippen LogP contribution in [0.2, 0.25) is 0 Å². The second-order valence-corrected chi connectivity index (χ2v) is 5.81. The second kappa shape index (κ2) is 6.94. The number of ether oxygens (including phenoxy) is 1. The number of hydrogen-bond donors (Lipinski definition) is 2. The first kappa shape index (κ1) is 15.8. The zero-order valence-electron chi connectivity index (χ0n) is 12.9. The molecule has 1 aromatic rings. The molecule has 1 atom stereocenters. The lowest BCUT2D eigenvalue weighted by Crippen LogP contribution is -2.42. The SMILES string of the molecule is CCC(CC)(CO)CNC(=O)C1CCOc2ccccc21. The highest BCUT2D eigenvalue weighted by Crippen LogP contribution is 2.33. The van der Waals surface area contributed by atoms with Gasteiger partial charge in [0, 0.05) is 17.5 Å². The van der Waals surface area contributed by atoms with Gasteiger partial charge in [-0.05, 0) is 25.3 Å². The number of aliphatic hydroxyl groups is 1. The summed E-state index contributed by atoms with van der Waals surface area (Å²) >= 11 is 0. The summed E-state index contributed by atoms with van der Waals surface area (Å²) in [5.74, 6) is 0.689. The molecule has 0 saturated heterocycles. The molecule has 4 nitrogen and oxygen atoms in total. The van der Waals surface area contributed by atoms with Crippen LogP contribution < -0.4 is 10.1 Å². The number of nitrogens with one attached hydrogen (secondary N) is 1. The maximum absolute atomic E-state index is 12.5. The highest BCUT2D eigenvalue weighted by atomic mass is 16.5. The smallest absolute Gasteiger partial charge is 0.227 e. The minimum absolute atomic E-state index is 0.0328. The van der Waals surface area contributed by atoms with Gasteiger partial charge in [0.1, 0.15) is 5.75 Å². The molecule has 21 heavy (non-hydrogen) atoms. The summed E-state index contributed by atoms with van der Waals surface area (Å²) in [6.45, 7) is 5.30. The van der Waals surface area contributed by atoms with E-state index in [0.29, 0.717) is 19.6 Å². The van der Waals surface area contributed by atoms with E-state index in [1.165, 1.54) is 0 Å². The Morgan fingerprint density at radius 3 is 2.76 bits per heavy atom. The molecule has 2 rings (SSSR count). The van der Waals surface area contributed by atoms with E-state index in [4.69, 9.17) is 4.74 Å². The number of benzene rings is 1. The summed E-state index contributed by atoms with van der Waals surface area (Å²) in [4.78, 5) is 12.5. The number of fused-ring (bicyclic) bond motifs is 1.